The lowest BCUT2D eigenvalue weighted by Crippen LogP contribution is -2.18. The third kappa shape index (κ3) is 4.17. The van der Waals surface area contributed by atoms with E-state index < -0.39 is 0 Å². The summed E-state index contributed by atoms with van der Waals surface area (Å²) in [5.41, 5.74) is 3.18. The predicted octanol–water partition coefficient (Wildman–Crippen LogP) is 5.65. The molecule has 0 atom stereocenters. The molecule has 0 radical (unpaired) electrons. The maximum atomic E-state index is 12.8. The Bertz CT molecular complexity index is 1210. The summed E-state index contributed by atoms with van der Waals surface area (Å²) in [6.45, 7) is 1.97. The van der Waals surface area contributed by atoms with Gasteiger partial charge in [-0.15, -0.1) is 0 Å². The summed E-state index contributed by atoms with van der Waals surface area (Å²) >= 11 is 0. The van der Waals surface area contributed by atoms with Gasteiger partial charge in [0.1, 0.15) is 0 Å². The number of hydrogen-bond donors (Lipinski definition) is 2. The SMILES string of the molecule is Cc1cccc(NC(=O)c2ccccc2NC(=O)c2ccc3ccccc3c2)c1. The van der Waals surface area contributed by atoms with Crippen molar-refractivity contribution >= 4 is 34.0 Å². The van der Waals surface area contributed by atoms with Crippen LogP contribution in [0.25, 0.3) is 10.8 Å². The highest BCUT2D eigenvalue weighted by atomic mass is 16.2. The molecule has 2 amide bonds. The Labute approximate surface area is 169 Å². The first-order valence-corrected chi connectivity index (χ1v) is 9.37. The van der Waals surface area contributed by atoms with E-state index in [1.807, 2.05) is 67.6 Å². The minimum absolute atomic E-state index is 0.258. The molecule has 142 valence electrons. The number of aryl methyl sites for hydroxylation is 1. The molecule has 0 heterocycles. The predicted molar refractivity (Wildman–Crippen MR) is 117 cm³/mol. The molecule has 0 aliphatic carbocycles. The quantitative estimate of drug-likeness (QED) is 0.480. The smallest absolute Gasteiger partial charge is 0.257 e. The average Bonchev–Trinajstić information content (AvgIpc) is 2.73. The van der Waals surface area contributed by atoms with Gasteiger partial charge in [0.15, 0.2) is 0 Å². The van der Waals surface area contributed by atoms with Gasteiger partial charge in [0.25, 0.3) is 11.8 Å². The number of carbonyl (C=O) groups is 2. The van der Waals surface area contributed by atoms with Crippen LogP contribution in [0.15, 0.2) is 91.0 Å². The minimum atomic E-state index is -0.273. The summed E-state index contributed by atoms with van der Waals surface area (Å²) < 4.78 is 0. The van der Waals surface area contributed by atoms with E-state index in [4.69, 9.17) is 0 Å². The third-order valence-corrected chi connectivity index (χ3v) is 4.71. The van der Waals surface area contributed by atoms with Crippen molar-refractivity contribution in [2.75, 3.05) is 10.6 Å². The van der Waals surface area contributed by atoms with Crippen LogP contribution in [0.2, 0.25) is 0 Å². The van der Waals surface area contributed by atoms with Crippen molar-refractivity contribution in [3.8, 4) is 0 Å². The molecule has 0 saturated carbocycles. The third-order valence-electron chi connectivity index (χ3n) is 4.71. The van der Waals surface area contributed by atoms with Crippen molar-refractivity contribution in [1.82, 2.24) is 0 Å². The number of nitrogens with one attached hydrogen (secondary N) is 2. The van der Waals surface area contributed by atoms with Crippen molar-refractivity contribution in [2.45, 2.75) is 6.92 Å². The van der Waals surface area contributed by atoms with E-state index in [-0.39, 0.29) is 11.8 Å². The van der Waals surface area contributed by atoms with E-state index in [0.29, 0.717) is 22.5 Å². The van der Waals surface area contributed by atoms with Gasteiger partial charge in [-0.25, -0.2) is 0 Å². The van der Waals surface area contributed by atoms with Crippen LogP contribution in [0.5, 0.6) is 0 Å². The topological polar surface area (TPSA) is 58.2 Å². The van der Waals surface area contributed by atoms with Crippen molar-refractivity contribution in [2.24, 2.45) is 0 Å². The molecule has 29 heavy (non-hydrogen) atoms. The molecular weight excluding hydrogens is 360 g/mol. The summed E-state index contributed by atoms with van der Waals surface area (Å²) in [6.07, 6.45) is 0. The maximum Gasteiger partial charge on any atom is 0.257 e. The Balaban J connectivity index is 1.57. The number of rotatable bonds is 4. The van der Waals surface area contributed by atoms with E-state index in [2.05, 4.69) is 10.6 Å². The van der Waals surface area contributed by atoms with E-state index >= 15 is 0 Å². The van der Waals surface area contributed by atoms with Crippen LogP contribution in [0.3, 0.4) is 0 Å². The zero-order valence-corrected chi connectivity index (χ0v) is 16.0. The molecule has 4 aromatic carbocycles. The Hall–Kier alpha value is -3.92. The van der Waals surface area contributed by atoms with E-state index in [9.17, 15) is 9.59 Å². The van der Waals surface area contributed by atoms with Gasteiger partial charge in [-0.05, 0) is 59.7 Å². The van der Waals surface area contributed by atoms with E-state index in [1.54, 1.807) is 30.3 Å². The van der Waals surface area contributed by atoms with Crippen molar-refractivity contribution in [1.29, 1.82) is 0 Å². The lowest BCUT2D eigenvalue weighted by atomic mass is 10.1. The molecule has 4 nitrogen and oxygen atoms in total. The first-order valence-electron chi connectivity index (χ1n) is 9.37. The first kappa shape index (κ1) is 18.4. The lowest BCUT2D eigenvalue weighted by molar-refractivity contribution is 0.102. The largest absolute Gasteiger partial charge is 0.322 e. The van der Waals surface area contributed by atoms with Gasteiger partial charge >= 0.3 is 0 Å². The molecule has 4 heteroatoms. The standard InChI is InChI=1S/C25H20N2O2/c1-17-7-6-10-21(15-17)26-25(29)22-11-4-5-12-23(22)27-24(28)20-14-13-18-8-2-3-9-19(18)16-20/h2-16H,1H3,(H,26,29)(H,27,28). The second-order valence-electron chi connectivity index (χ2n) is 6.89. The average molecular weight is 380 g/mol. The van der Waals surface area contributed by atoms with Crippen LogP contribution in [-0.2, 0) is 0 Å². The van der Waals surface area contributed by atoms with E-state index in [0.717, 1.165) is 16.3 Å². The van der Waals surface area contributed by atoms with Crippen LogP contribution in [-0.4, -0.2) is 11.8 Å². The fourth-order valence-corrected chi connectivity index (χ4v) is 3.24. The van der Waals surface area contributed by atoms with Crippen LogP contribution < -0.4 is 10.6 Å². The minimum Gasteiger partial charge on any atom is -0.322 e. The Kier molecular flexibility index (Phi) is 5.08. The number of hydrogen-bond acceptors (Lipinski definition) is 2. The van der Waals surface area contributed by atoms with Crippen molar-refractivity contribution in [3.05, 3.63) is 108 Å². The second-order valence-corrected chi connectivity index (χ2v) is 6.89. The van der Waals surface area contributed by atoms with Gasteiger partial charge in [0.05, 0.1) is 11.3 Å². The van der Waals surface area contributed by atoms with Gasteiger partial charge < -0.3 is 10.6 Å². The van der Waals surface area contributed by atoms with Gasteiger partial charge in [0.2, 0.25) is 0 Å². The molecule has 0 fully saturated rings. The molecule has 0 saturated heterocycles. The van der Waals surface area contributed by atoms with E-state index in [1.165, 1.54) is 0 Å². The molecule has 0 bridgehead atoms. The Morgan fingerprint density at radius 1 is 0.655 bits per heavy atom. The summed E-state index contributed by atoms with van der Waals surface area (Å²) in [6, 6.07) is 28.0. The monoisotopic (exact) mass is 380 g/mol. The molecule has 0 aliphatic rings. The number of carbonyl (C=O) groups excluding carboxylic acids is 2. The van der Waals surface area contributed by atoms with Gasteiger partial charge in [-0.1, -0.05) is 54.6 Å². The second kappa shape index (κ2) is 7.98. The Morgan fingerprint density at radius 3 is 2.24 bits per heavy atom. The summed E-state index contributed by atoms with van der Waals surface area (Å²) in [4.78, 5) is 25.6. The molecule has 4 aromatic rings. The normalized spacial score (nSPS) is 10.5. The highest BCUT2D eigenvalue weighted by Crippen LogP contribution is 2.21. The zero-order valence-electron chi connectivity index (χ0n) is 16.0. The van der Waals surface area contributed by atoms with Gasteiger partial charge in [-0.3, -0.25) is 9.59 Å². The summed E-state index contributed by atoms with van der Waals surface area (Å²) in [7, 11) is 0. The molecule has 4 rings (SSSR count). The molecule has 0 spiro atoms. The molecule has 0 unspecified atom stereocenters. The summed E-state index contributed by atoms with van der Waals surface area (Å²) in [5, 5.41) is 7.82. The Morgan fingerprint density at radius 2 is 1.41 bits per heavy atom. The van der Waals surface area contributed by atoms with Gasteiger partial charge in [0, 0.05) is 11.3 Å². The number of benzene rings is 4. The molecule has 0 aromatic heterocycles. The number of para-hydroxylation sites is 1. The highest BCUT2D eigenvalue weighted by Gasteiger charge is 2.14. The molecular formula is C25H20N2O2. The highest BCUT2D eigenvalue weighted by molar-refractivity contribution is 6.13. The van der Waals surface area contributed by atoms with Crippen molar-refractivity contribution < 1.29 is 9.59 Å². The summed E-state index contributed by atoms with van der Waals surface area (Å²) in [5.74, 6) is -0.531. The van der Waals surface area contributed by atoms with Crippen LogP contribution in [0.1, 0.15) is 26.3 Å². The first-order chi connectivity index (χ1) is 14.1. The molecule has 2 N–H and O–H groups in total. The fraction of sp³-hybridized carbons (Fsp3) is 0.0400. The lowest BCUT2D eigenvalue weighted by Gasteiger charge is -2.12. The maximum absolute atomic E-state index is 12.8. The fourth-order valence-electron chi connectivity index (χ4n) is 3.24. The number of fused-ring (bicyclic) bond motifs is 1. The van der Waals surface area contributed by atoms with Crippen LogP contribution in [0, 0.1) is 6.92 Å². The number of anilines is 2. The van der Waals surface area contributed by atoms with Crippen LogP contribution >= 0.6 is 0 Å². The molecule has 0 aliphatic heterocycles. The van der Waals surface area contributed by atoms with Crippen LogP contribution in [0.4, 0.5) is 11.4 Å². The zero-order chi connectivity index (χ0) is 20.2. The number of amides is 2. The van der Waals surface area contributed by atoms with Crippen molar-refractivity contribution in [3.63, 3.8) is 0 Å². The van der Waals surface area contributed by atoms with Gasteiger partial charge in [-0.2, -0.15) is 0 Å².